The van der Waals surface area contributed by atoms with Gasteiger partial charge in [0.15, 0.2) is 0 Å². The van der Waals surface area contributed by atoms with E-state index in [-0.39, 0.29) is 23.4 Å². The summed E-state index contributed by atoms with van der Waals surface area (Å²) in [6.07, 6.45) is 0. The van der Waals surface area contributed by atoms with Crippen molar-refractivity contribution in [1.29, 1.82) is 0 Å². The second kappa shape index (κ2) is 11.5. The van der Waals surface area contributed by atoms with Crippen molar-refractivity contribution in [3.05, 3.63) is 119 Å². The molecule has 1 unspecified atom stereocenters. The van der Waals surface area contributed by atoms with Crippen LogP contribution in [0.5, 0.6) is 5.75 Å². The highest BCUT2D eigenvalue weighted by molar-refractivity contribution is 7.89. The van der Waals surface area contributed by atoms with Crippen LogP contribution in [0.2, 0.25) is 0 Å². The SMILES string of the molecule is C=C1C(C)=C(C)[C@H](C)C1(C)CN([C@@H](c1ccccc1)[C@@H](NC)c1ccccc1)S(=O)(=O)c1ccc(OC)cc1. The van der Waals surface area contributed by atoms with Crippen molar-refractivity contribution in [2.45, 2.75) is 44.7 Å². The van der Waals surface area contributed by atoms with Crippen molar-refractivity contribution in [3.63, 3.8) is 0 Å². The van der Waals surface area contributed by atoms with Crippen molar-refractivity contribution < 1.29 is 13.2 Å². The molecule has 1 N–H and O–H groups in total. The monoisotopic (exact) mass is 544 g/mol. The van der Waals surface area contributed by atoms with E-state index in [1.807, 2.05) is 67.7 Å². The van der Waals surface area contributed by atoms with E-state index in [0.717, 1.165) is 22.3 Å². The lowest BCUT2D eigenvalue weighted by atomic mass is 9.75. The van der Waals surface area contributed by atoms with E-state index in [4.69, 9.17) is 4.74 Å². The van der Waals surface area contributed by atoms with Crippen LogP contribution in [0.4, 0.5) is 0 Å². The van der Waals surface area contributed by atoms with Crippen molar-refractivity contribution in [1.82, 2.24) is 9.62 Å². The van der Waals surface area contributed by atoms with Crippen molar-refractivity contribution in [2.75, 3.05) is 20.7 Å². The largest absolute Gasteiger partial charge is 0.497 e. The number of hydrogen-bond acceptors (Lipinski definition) is 4. The number of benzene rings is 3. The average Bonchev–Trinajstić information content (AvgIpc) is 3.11. The summed E-state index contributed by atoms with van der Waals surface area (Å²) in [6, 6.07) is 25.8. The second-order valence-corrected chi connectivity index (χ2v) is 12.6. The fourth-order valence-corrected chi connectivity index (χ4v) is 7.58. The van der Waals surface area contributed by atoms with Crippen LogP contribution in [0.15, 0.2) is 113 Å². The molecule has 0 bridgehead atoms. The number of methoxy groups -OCH3 is 1. The molecule has 4 atom stereocenters. The Bertz CT molecular complexity index is 1430. The van der Waals surface area contributed by atoms with Gasteiger partial charge in [-0.1, -0.05) is 86.7 Å². The van der Waals surface area contributed by atoms with Gasteiger partial charge in [-0.2, -0.15) is 4.31 Å². The van der Waals surface area contributed by atoms with Gasteiger partial charge < -0.3 is 10.1 Å². The highest BCUT2D eigenvalue weighted by atomic mass is 32.2. The van der Waals surface area contributed by atoms with E-state index < -0.39 is 21.5 Å². The standard InChI is InChI=1S/C33H40N2O3S/c1-23-24(2)26(4)33(5,25(23)3)22-35(39(36,37)30-20-18-29(38-7)19-21-30)32(28-16-12-9-13-17-28)31(34-6)27-14-10-8-11-15-27/h8-21,26,31-32,34H,3,22H2,1-2,4-7H3/t26-,31-,32-,33?/m0/s1. The lowest BCUT2D eigenvalue weighted by Gasteiger charge is -2.43. The van der Waals surface area contributed by atoms with Gasteiger partial charge in [-0.3, -0.25) is 0 Å². The minimum absolute atomic E-state index is 0.139. The van der Waals surface area contributed by atoms with Gasteiger partial charge in [0.1, 0.15) is 5.75 Å². The van der Waals surface area contributed by atoms with Crippen LogP contribution in [-0.4, -0.2) is 33.4 Å². The van der Waals surface area contributed by atoms with E-state index >= 15 is 0 Å². The zero-order chi connectivity index (χ0) is 28.4. The molecule has 4 rings (SSSR count). The maximum Gasteiger partial charge on any atom is 0.243 e. The van der Waals surface area contributed by atoms with Gasteiger partial charge >= 0.3 is 0 Å². The molecule has 6 heteroatoms. The highest BCUT2D eigenvalue weighted by Crippen LogP contribution is 2.52. The fraction of sp³-hybridized carbons (Fsp3) is 0.333. The van der Waals surface area contributed by atoms with Crippen LogP contribution in [0.1, 0.15) is 50.9 Å². The average molecular weight is 545 g/mol. The number of sulfonamides is 1. The Labute approximate surface area is 234 Å². The predicted molar refractivity (Wildman–Crippen MR) is 159 cm³/mol. The summed E-state index contributed by atoms with van der Waals surface area (Å²) in [6.45, 7) is 13.3. The third-order valence-electron chi connectivity index (χ3n) is 8.73. The molecule has 5 nitrogen and oxygen atoms in total. The fourth-order valence-electron chi connectivity index (χ4n) is 5.84. The molecule has 3 aromatic rings. The molecule has 0 spiro atoms. The number of allylic oxidation sites excluding steroid dienone is 2. The summed E-state index contributed by atoms with van der Waals surface area (Å²) in [4.78, 5) is 0.230. The third kappa shape index (κ3) is 5.33. The molecule has 39 heavy (non-hydrogen) atoms. The topological polar surface area (TPSA) is 58.6 Å². The van der Waals surface area contributed by atoms with Crippen molar-refractivity contribution in [2.24, 2.45) is 11.3 Å². The molecule has 3 aromatic carbocycles. The van der Waals surface area contributed by atoms with E-state index in [0.29, 0.717) is 5.75 Å². The number of hydrogen-bond donors (Lipinski definition) is 1. The molecule has 0 amide bonds. The summed E-state index contributed by atoms with van der Waals surface area (Å²) in [7, 11) is -0.503. The molecule has 206 valence electrons. The van der Waals surface area contributed by atoms with Crippen LogP contribution in [0.25, 0.3) is 0 Å². The molecule has 0 aliphatic heterocycles. The Morgan fingerprint density at radius 1 is 0.949 bits per heavy atom. The van der Waals surface area contributed by atoms with Gasteiger partial charge in [-0.25, -0.2) is 8.42 Å². The van der Waals surface area contributed by atoms with Crippen LogP contribution in [0.3, 0.4) is 0 Å². The van der Waals surface area contributed by atoms with E-state index in [1.54, 1.807) is 35.7 Å². The number of nitrogens with zero attached hydrogens (tertiary/aromatic N) is 1. The normalized spacial score (nSPS) is 21.3. The van der Waals surface area contributed by atoms with Gasteiger partial charge in [-0.05, 0) is 73.4 Å². The first-order valence-electron chi connectivity index (χ1n) is 13.4. The molecule has 0 aromatic heterocycles. The summed E-state index contributed by atoms with van der Waals surface area (Å²) in [5, 5.41) is 3.46. The first-order chi connectivity index (χ1) is 18.6. The Morgan fingerprint density at radius 3 is 1.95 bits per heavy atom. The Hall–Kier alpha value is -3.19. The molecule has 0 radical (unpaired) electrons. The molecular formula is C33H40N2O3S. The molecule has 0 fully saturated rings. The van der Waals surface area contributed by atoms with Crippen LogP contribution < -0.4 is 10.1 Å². The highest BCUT2D eigenvalue weighted by Gasteiger charge is 2.48. The second-order valence-electron chi connectivity index (χ2n) is 10.7. The predicted octanol–water partition coefficient (Wildman–Crippen LogP) is 6.94. The first-order valence-corrected chi connectivity index (χ1v) is 14.8. The molecule has 1 aliphatic rings. The lowest BCUT2D eigenvalue weighted by molar-refractivity contribution is 0.178. The molecule has 1 aliphatic carbocycles. The molecule has 0 saturated heterocycles. The van der Waals surface area contributed by atoms with Gasteiger partial charge in [-0.15, -0.1) is 0 Å². The van der Waals surface area contributed by atoms with Gasteiger partial charge in [0, 0.05) is 12.0 Å². The molecular weight excluding hydrogens is 504 g/mol. The number of rotatable bonds is 10. The summed E-state index contributed by atoms with van der Waals surface area (Å²) in [5.74, 6) is 0.748. The zero-order valence-corrected chi connectivity index (χ0v) is 24.6. The van der Waals surface area contributed by atoms with Gasteiger partial charge in [0.05, 0.1) is 24.1 Å². The Balaban J connectivity index is 1.95. The molecule has 0 heterocycles. The van der Waals surface area contributed by atoms with Gasteiger partial charge in [0.25, 0.3) is 0 Å². The smallest absolute Gasteiger partial charge is 0.243 e. The van der Waals surface area contributed by atoms with E-state index in [1.165, 1.54) is 5.57 Å². The maximum absolute atomic E-state index is 14.7. The van der Waals surface area contributed by atoms with Gasteiger partial charge in [0.2, 0.25) is 10.0 Å². The summed E-state index contributed by atoms with van der Waals surface area (Å²) >= 11 is 0. The van der Waals surface area contributed by atoms with Crippen molar-refractivity contribution in [3.8, 4) is 5.75 Å². The summed E-state index contributed by atoms with van der Waals surface area (Å²) in [5.41, 5.74) is 4.87. The number of likely N-dealkylation sites (N-methyl/N-ethyl adjacent to an activating group) is 1. The van der Waals surface area contributed by atoms with Crippen molar-refractivity contribution >= 4 is 10.0 Å². The lowest BCUT2D eigenvalue weighted by Crippen LogP contribution is -2.47. The van der Waals surface area contributed by atoms with Crippen LogP contribution in [0, 0.1) is 11.3 Å². The minimum Gasteiger partial charge on any atom is -0.497 e. The Kier molecular flexibility index (Phi) is 8.50. The first kappa shape index (κ1) is 28.8. The minimum atomic E-state index is -3.97. The third-order valence-corrected chi connectivity index (χ3v) is 10.6. The van der Waals surface area contributed by atoms with Crippen LogP contribution >= 0.6 is 0 Å². The number of nitrogens with one attached hydrogen (secondary N) is 1. The Morgan fingerprint density at radius 2 is 1.49 bits per heavy atom. The summed E-state index contributed by atoms with van der Waals surface area (Å²) < 4.78 is 36.5. The molecule has 0 saturated carbocycles. The zero-order valence-electron chi connectivity index (χ0n) is 23.8. The van der Waals surface area contributed by atoms with Crippen LogP contribution in [-0.2, 0) is 10.0 Å². The maximum atomic E-state index is 14.7. The van der Waals surface area contributed by atoms with E-state index in [2.05, 4.69) is 39.6 Å². The van der Waals surface area contributed by atoms with E-state index in [9.17, 15) is 8.42 Å². The quantitative estimate of drug-likeness (QED) is 0.300. The number of ether oxygens (including phenoxy) is 1.